The van der Waals surface area contributed by atoms with E-state index >= 15 is 0 Å². The van der Waals surface area contributed by atoms with Crippen LogP contribution in [0.2, 0.25) is 0 Å². The summed E-state index contributed by atoms with van der Waals surface area (Å²) in [7, 11) is 0. The lowest BCUT2D eigenvalue weighted by Crippen LogP contribution is -2.26. The van der Waals surface area contributed by atoms with Gasteiger partial charge in [0.05, 0.1) is 5.56 Å². The van der Waals surface area contributed by atoms with Gasteiger partial charge in [0, 0.05) is 22.7 Å². The molecule has 1 aliphatic carbocycles. The molecule has 1 aromatic rings. The Bertz CT molecular complexity index is 418. The Morgan fingerprint density at radius 2 is 2.25 bits per heavy atom. The fourth-order valence-corrected chi connectivity index (χ4v) is 2.38. The molecule has 0 bridgehead atoms. The van der Waals surface area contributed by atoms with Crippen LogP contribution in [-0.2, 0) is 0 Å². The molecule has 0 saturated heterocycles. The summed E-state index contributed by atoms with van der Waals surface area (Å²) in [5, 5.41) is 8.88. The average molecular weight is 279 g/mol. The predicted molar refractivity (Wildman–Crippen MR) is 69.5 cm³/mol. The summed E-state index contributed by atoms with van der Waals surface area (Å²) in [6.45, 7) is 3.30. The van der Waals surface area contributed by atoms with Gasteiger partial charge in [0.25, 0.3) is 0 Å². The van der Waals surface area contributed by atoms with Crippen molar-refractivity contribution in [1.82, 2.24) is 0 Å². The van der Waals surface area contributed by atoms with Crippen LogP contribution in [0.5, 0.6) is 0 Å². The van der Waals surface area contributed by atoms with E-state index in [1.807, 2.05) is 6.07 Å². The third-order valence-electron chi connectivity index (χ3n) is 2.86. The van der Waals surface area contributed by atoms with Gasteiger partial charge in [-0.2, -0.15) is 5.26 Å². The van der Waals surface area contributed by atoms with Crippen LogP contribution < -0.4 is 4.90 Å². The fraction of sp³-hybridized carbons (Fsp3) is 0.462. The summed E-state index contributed by atoms with van der Waals surface area (Å²) >= 11 is 3.45. The quantitative estimate of drug-likeness (QED) is 0.840. The van der Waals surface area contributed by atoms with Crippen molar-refractivity contribution in [1.29, 1.82) is 5.26 Å². The van der Waals surface area contributed by atoms with Gasteiger partial charge >= 0.3 is 0 Å². The highest BCUT2D eigenvalue weighted by Crippen LogP contribution is 2.33. The zero-order valence-corrected chi connectivity index (χ0v) is 11.0. The summed E-state index contributed by atoms with van der Waals surface area (Å²) in [4.78, 5) is 2.45. The number of halogens is 1. The van der Waals surface area contributed by atoms with Crippen LogP contribution in [0, 0.1) is 11.3 Å². The number of nitriles is 1. The second kappa shape index (κ2) is 4.88. The summed E-state index contributed by atoms with van der Waals surface area (Å²) in [6, 6.07) is 8.90. The average Bonchev–Trinajstić information content (AvgIpc) is 3.09. The number of nitrogens with zero attached hydrogens (tertiary/aromatic N) is 2. The molecule has 1 fully saturated rings. The lowest BCUT2D eigenvalue weighted by Gasteiger charge is -2.24. The Morgan fingerprint density at radius 1 is 1.50 bits per heavy atom. The van der Waals surface area contributed by atoms with Crippen LogP contribution in [0.25, 0.3) is 0 Å². The highest BCUT2D eigenvalue weighted by Gasteiger charge is 2.28. The van der Waals surface area contributed by atoms with Crippen LogP contribution in [0.15, 0.2) is 22.7 Å². The smallest absolute Gasteiger partial charge is 0.100 e. The number of rotatable bonds is 4. The van der Waals surface area contributed by atoms with Crippen LogP contribution in [0.1, 0.15) is 31.7 Å². The summed E-state index contributed by atoms with van der Waals surface area (Å²) in [5.74, 6) is 0. The molecule has 16 heavy (non-hydrogen) atoms. The normalized spacial score (nSPS) is 14.6. The fourth-order valence-electron chi connectivity index (χ4n) is 1.92. The molecule has 2 nitrogen and oxygen atoms in total. The topological polar surface area (TPSA) is 27.0 Å². The molecular formula is C13H15BrN2. The molecule has 1 aromatic carbocycles. The predicted octanol–water partition coefficient (Wildman–Crippen LogP) is 3.70. The Labute approximate surface area is 105 Å². The maximum absolute atomic E-state index is 8.88. The molecule has 1 aliphatic rings. The molecule has 0 atom stereocenters. The first-order valence-electron chi connectivity index (χ1n) is 5.72. The Balaban J connectivity index is 2.24. The van der Waals surface area contributed by atoms with Crippen molar-refractivity contribution in [3.8, 4) is 6.07 Å². The summed E-state index contributed by atoms with van der Waals surface area (Å²) in [6.07, 6.45) is 3.77. The zero-order valence-electron chi connectivity index (χ0n) is 9.41. The SMILES string of the molecule is CCCN(c1ccc(C#N)c(Br)c1)C1CC1. The van der Waals surface area contributed by atoms with Crippen molar-refractivity contribution >= 4 is 21.6 Å². The number of hydrogen-bond acceptors (Lipinski definition) is 2. The minimum absolute atomic E-state index is 0.705. The number of anilines is 1. The van der Waals surface area contributed by atoms with Crippen LogP contribution in [-0.4, -0.2) is 12.6 Å². The second-order valence-electron chi connectivity index (χ2n) is 4.20. The third kappa shape index (κ3) is 2.38. The first-order valence-corrected chi connectivity index (χ1v) is 6.52. The van der Waals surface area contributed by atoms with Gasteiger partial charge in [-0.15, -0.1) is 0 Å². The van der Waals surface area contributed by atoms with Crippen molar-refractivity contribution in [2.75, 3.05) is 11.4 Å². The first-order chi connectivity index (χ1) is 7.76. The maximum atomic E-state index is 8.88. The maximum Gasteiger partial charge on any atom is 0.100 e. The van der Waals surface area contributed by atoms with Crippen molar-refractivity contribution in [2.24, 2.45) is 0 Å². The van der Waals surface area contributed by atoms with Gasteiger partial charge in [-0.05, 0) is 53.4 Å². The van der Waals surface area contributed by atoms with E-state index in [9.17, 15) is 0 Å². The molecule has 0 N–H and O–H groups in total. The minimum Gasteiger partial charge on any atom is -0.369 e. The van der Waals surface area contributed by atoms with E-state index in [1.54, 1.807) is 0 Å². The van der Waals surface area contributed by atoms with Gasteiger partial charge in [-0.1, -0.05) is 6.92 Å². The van der Waals surface area contributed by atoms with Crippen molar-refractivity contribution in [2.45, 2.75) is 32.2 Å². The lowest BCUT2D eigenvalue weighted by atomic mass is 10.2. The number of hydrogen-bond donors (Lipinski definition) is 0. The van der Waals surface area contributed by atoms with Crippen molar-refractivity contribution in [3.63, 3.8) is 0 Å². The molecule has 0 spiro atoms. The van der Waals surface area contributed by atoms with Crippen LogP contribution in [0.4, 0.5) is 5.69 Å². The Morgan fingerprint density at radius 3 is 2.75 bits per heavy atom. The molecule has 3 heteroatoms. The lowest BCUT2D eigenvalue weighted by molar-refractivity contribution is 0.763. The van der Waals surface area contributed by atoms with Crippen molar-refractivity contribution in [3.05, 3.63) is 28.2 Å². The van der Waals surface area contributed by atoms with E-state index in [2.05, 4.69) is 46.0 Å². The van der Waals surface area contributed by atoms with Gasteiger partial charge in [0.15, 0.2) is 0 Å². The van der Waals surface area contributed by atoms with Gasteiger partial charge in [0.1, 0.15) is 6.07 Å². The molecule has 2 rings (SSSR count). The molecule has 0 unspecified atom stereocenters. The van der Waals surface area contributed by atoms with Gasteiger partial charge < -0.3 is 4.90 Å². The van der Waals surface area contributed by atoms with Crippen molar-refractivity contribution < 1.29 is 0 Å². The molecule has 0 heterocycles. The van der Waals surface area contributed by atoms with Gasteiger partial charge in [-0.25, -0.2) is 0 Å². The monoisotopic (exact) mass is 278 g/mol. The Hall–Kier alpha value is -1.01. The summed E-state index contributed by atoms with van der Waals surface area (Å²) < 4.78 is 0.897. The van der Waals surface area contributed by atoms with E-state index in [0.29, 0.717) is 5.56 Å². The van der Waals surface area contributed by atoms with E-state index in [0.717, 1.165) is 23.5 Å². The molecule has 1 saturated carbocycles. The number of benzene rings is 1. The molecule has 0 aliphatic heterocycles. The van der Waals surface area contributed by atoms with E-state index in [4.69, 9.17) is 5.26 Å². The van der Waals surface area contributed by atoms with Gasteiger partial charge in [-0.3, -0.25) is 0 Å². The standard InChI is InChI=1S/C13H15BrN2/c1-2-7-16(11-5-6-11)12-4-3-10(9-15)13(14)8-12/h3-4,8,11H,2,5-7H2,1H3. The highest BCUT2D eigenvalue weighted by atomic mass is 79.9. The largest absolute Gasteiger partial charge is 0.369 e. The van der Waals surface area contributed by atoms with E-state index in [1.165, 1.54) is 18.5 Å². The molecule has 84 valence electrons. The molecule has 0 amide bonds. The van der Waals surface area contributed by atoms with Crippen LogP contribution >= 0.6 is 15.9 Å². The Kier molecular flexibility index (Phi) is 3.50. The minimum atomic E-state index is 0.705. The first kappa shape index (κ1) is 11.5. The van der Waals surface area contributed by atoms with E-state index < -0.39 is 0 Å². The van der Waals surface area contributed by atoms with Crippen LogP contribution in [0.3, 0.4) is 0 Å². The third-order valence-corrected chi connectivity index (χ3v) is 3.51. The molecule has 0 aromatic heterocycles. The molecular weight excluding hydrogens is 264 g/mol. The highest BCUT2D eigenvalue weighted by molar-refractivity contribution is 9.10. The summed E-state index contributed by atoms with van der Waals surface area (Å²) in [5.41, 5.74) is 1.94. The van der Waals surface area contributed by atoms with E-state index in [-0.39, 0.29) is 0 Å². The second-order valence-corrected chi connectivity index (χ2v) is 5.05. The van der Waals surface area contributed by atoms with Gasteiger partial charge in [0.2, 0.25) is 0 Å². The zero-order chi connectivity index (χ0) is 11.5. The molecule has 0 radical (unpaired) electrons.